The van der Waals surface area contributed by atoms with E-state index in [0.717, 1.165) is 25.8 Å². The summed E-state index contributed by atoms with van der Waals surface area (Å²) >= 11 is 5.83. The van der Waals surface area contributed by atoms with Crippen LogP contribution in [0.2, 0.25) is 5.02 Å². The van der Waals surface area contributed by atoms with Gasteiger partial charge in [-0.1, -0.05) is 24.6 Å². The zero-order valence-electron chi connectivity index (χ0n) is 12.2. The van der Waals surface area contributed by atoms with E-state index in [1.807, 2.05) is 12.1 Å². The lowest BCUT2D eigenvalue weighted by molar-refractivity contribution is 0.473. The fourth-order valence-electron chi connectivity index (χ4n) is 2.33. The Morgan fingerprint density at radius 2 is 2.00 bits per heavy atom. The number of aryl methyl sites for hydroxylation is 1. The number of benzene rings is 1. The molecular weight excluding hydrogens is 287 g/mol. The molecule has 0 amide bonds. The van der Waals surface area contributed by atoms with E-state index >= 15 is 0 Å². The molecule has 2 aromatic rings. The molecule has 0 aliphatic carbocycles. The van der Waals surface area contributed by atoms with E-state index in [1.165, 1.54) is 11.6 Å². The number of rotatable bonds is 7. The third-order valence-corrected chi connectivity index (χ3v) is 3.68. The van der Waals surface area contributed by atoms with Crippen molar-refractivity contribution in [1.29, 1.82) is 0 Å². The minimum absolute atomic E-state index is 0.00428. The van der Waals surface area contributed by atoms with Gasteiger partial charge in [0.2, 0.25) is 0 Å². The second-order valence-electron chi connectivity index (χ2n) is 5.07. The molecule has 0 spiro atoms. The van der Waals surface area contributed by atoms with E-state index in [9.17, 15) is 4.39 Å². The molecule has 1 unspecified atom stereocenters. The molecule has 1 N–H and O–H groups in total. The Labute approximate surface area is 130 Å². The lowest BCUT2D eigenvalue weighted by atomic mass is 9.98. The molecule has 0 saturated carbocycles. The highest BCUT2D eigenvalue weighted by atomic mass is 35.5. The zero-order valence-corrected chi connectivity index (χ0v) is 12.9. The van der Waals surface area contributed by atoms with Gasteiger partial charge in [0, 0.05) is 29.0 Å². The number of nitrogens with zero attached hydrogens (tertiary/aromatic N) is 1. The van der Waals surface area contributed by atoms with E-state index < -0.39 is 0 Å². The summed E-state index contributed by atoms with van der Waals surface area (Å²) in [5.74, 6) is -0.245. The van der Waals surface area contributed by atoms with Crippen molar-refractivity contribution in [2.24, 2.45) is 0 Å². The van der Waals surface area contributed by atoms with Crippen LogP contribution >= 0.6 is 11.6 Å². The fraction of sp³-hybridized carbons (Fsp3) is 0.353. The molecule has 4 heteroatoms. The maximum Gasteiger partial charge on any atom is 0.129 e. The molecule has 1 aromatic carbocycles. The van der Waals surface area contributed by atoms with Gasteiger partial charge in [-0.25, -0.2) is 4.39 Å². The smallest absolute Gasteiger partial charge is 0.129 e. The summed E-state index contributed by atoms with van der Waals surface area (Å²) in [6.07, 6.45) is 6.30. The van der Waals surface area contributed by atoms with Gasteiger partial charge < -0.3 is 5.32 Å². The minimum atomic E-state index is -0.245. The predicted molar refractivity (Wildman–Crippen MR) is 85.0 cm³/mol. The Kier molecular flexibility index (Phi) is 6.15. The molecule has 2 rings (SSSR count). The van der Waals surface area contributed by atoms with Crippen LogP contribution in [0.4, 0.5) is 4.39 Å². The Morgan fingerprint density at radius 1 is 1.24 bits per heavy atom. The highest BCUT2D eigenvalue weighted by Crippen LogP contribution is 2.24. The first-order chi connectivity index (χ1) is 10.2. The largest absolute Gasteiger partial charge is 0.310 e. The first kappa shape index (κ1) is 15.9. The van der Waals surface area contributed by atoms with Crippen LogP contribution in [0, 0.1) is 5.82 Å². The standard InChI is InChI=1S/C17H20ClFN2/c1-2-9-21-17(6-3-13-7-10-20-11-8-13)15-5-4-14(18)12-16(15)19/h4-5,7-8,10-12,17,21H,2-3,6,9H2,1H3. The van der Waals surface area contributed by atoms with E-state index in [0.29, 0.717) is 10.6 Å². The maximum atomic E-state index is 14.1. The number of halogens is 2. The average Bonchev–Trinajstić information content (AvgIpc) is 2.49. The van der Waals surface area contributed by atoms with Crippen molar-refractivity contribution >= 4 is 11.6 Å². The van der Waals surface area contributed by atoms with Crippen molar-refractivity contribution in [2.45, 2.75) is 32.2 Å². The Hall–Kier alpha value is -1.45. The highest BCUT2D eigenvalue weighted by Gasteiger charge is 2.15. The molecule has 1 atom stereocenters. The fourth-order valence-corrected chi connectivity index (χ4v) is 2.49. The number of hydrogen-bond donors (Lipinski definition) is 1. The van der Waals surface area contributed by atoms with E-state index in [2.05, 4.69) is 17.2 Å². The molecule has 0 fully saturated rings. The summed E-state index contributed by atoms with van der Waals surface area (Å²) in [6.45, 7) is 2.97. The summed E-state index contributed by atoms with van der Waals surface area (Å²) < 4.78 is 14.1. The molecule has 0 bridgehead atoms. The molecule has 1 heterocycles. The molecule has 0 aliphatic heterocycles. The summed E-state index contributed by atoms with van der Waals surface area (Å²) in [7, 11) is 0. The van der Waals surface area contributed by atoms with Gasteiger partial charge in [-0.05, 0) is 55.6 Å². The first-order valence-corrected chi connectivity index (χ1v) is 7.65. The highest BCUT2D eigenvalue weighted by molar-refractivity contribution is 6.30. The van der Waals surface area contributed by atoms with Crippen LogP contribution in [0.3, 0.4) is 0 Å². The topological polar surface area (TPSA) is 24.9 Å². The molecule has 0 aliphatic rings. The average molecular weight is 307 g/mol. The minimum Gasteiger partial charge on any atom is -0.310 e. The normalized spacial score (nSPS) is 12.3. The van der Waals surface area contributed by atoms with E-state index in [1.54, 1.807) is 24.5 Å². The van der Waals surface area contributed by atoms with Crippen LogP contribution in [-0.2, 0) is 6.42 Å². The van der Waals surface area contributed by atoms with Gasteiger partial charge in [-0.15, -0.1) is 0 Å². The van der Waals surface area contributed by atoms with Gasteiger partial charge in [0.25, 0.3) is 0 Å². The summed E-state index contributed by atoms with van der Waals surface area (Å²) in [6, 6.07) is 8.88. The number of nitrogens with one attached hydrogen (secondary N) is 1. The van der Waals surface area contributed by atoms with Crippen LogP contribution in [-0.4, -0.2) is 11.5 Å². The van der Waals surface area contributed by atoms with Gasteiger partial charge in [-0.2, -0.15) is 0 Å². The second-order valence-corrected chi connectivity index (χ2v) is 5.50. The van der Waals surface area contributed by atoms with Gasteiger partial charge in [-0.3, -0.25) is 4.98 Å². The van der Waals surface area contributed by atoms with Crippen molar-refractivity contribution in [2.75, 3.05) is 6.54 Å². The van der Waals surface area contributed by atoms with Crippen molar-refractivity contribution in [3.8, 4) is 0 Å². The van der Waals surface area contributed by atoms with E-state index in [-0.39, 0.29) is 11.9 Å². The van der Waals surface area contributed by atoms with Crippen LogP contribution in [0.1, 0.15) is 36.9 Å². The second kappa shape index (κ2) is 8.11. The Bertz CT molecular complexity index is 560. The number of hydrogen-bond acceptors (Lipinski definition) is 2. The van der Waals surface area contributed by atoms with Gasteiger partial charge in [0.05, 0.1) is 0 Å². The molecule has 112 valence electrons. The van der Waals surface area contributed by atoms with Gasteiger partial charge in [0.1, 0.15) is 5.82 Å². The van der Waals surface area contributed by atoms with Crippen molar-refractivity contribution in [3.05, 3.63) is 64.7 Å². The quantitative estimate of drug-likeness (QED) is 0.812. The molecular formula is C17H20ClFN2. The van der Waals surface area contributed by atoms with Crippen LogP contribution < -0.4 is 5.32 Å². The zero-order chi connectivity index (χ0) is 15.1. The van der Waals surface area contributed by atoms with Gasteiger partial charge in [0.15, 0.2) is 0 Å². The summed E-state index contributed by atoms with van der Waals surface area (Å²) in [5.41, 5.74) is 1.89. The molecule has 1 aromatic heterocycles. The lowest BCUT2D eigenvalue weighted by Crippen LogP contribution is -2.23. The number of pyridine rings is 1. The first-order valence-electron chi connectivity index (χ1n) is 7.28. The molecule has 2 nitrogen and oxygen atoms in total. The monoisotopic (exact) mass is 306 g/mol. The van der Waals surface area contributed by atoms with E-state index in [4.69, 9.17) is 11.6 Å². The maximum absolute atomic E-state index is 14.1. The van der Waals surface area contributed by atoms with Crippen molar-refractivity contribution in [1.82, 2.24) is 10.3 Å². The molecule has 0 saturated heterocycles. The van der Waals surface area contributed by atoms with Crippen LogP contribution in [0.25, 0.3) is 0 Å². The summed E-state index contributed by atoms with van der Waals surface area (Å²) in [4.78, 5) is 4.01. The van der Waals surface area contributed by atoms with Crippen LogP contribution in [0.5, 0.6) is 0 Å². The van der Waals surface area contributed by atoms with Crippen molar-refractivity contribution < 1.29 is 4.39 Å². The lowest BCUT2D eigenvalue weighted by Gasteiger charge is -2.20. The van der Waals surface area contributed by atoms with Gasteiger partial charge >= 0.3 is 0 Å². The Morgan fingerprint density at radius 3 is 2.67 bits per heavy atom. The predicted octanol–water partition coefficient (Wildman–Crippen LogP) is 4.55. The molecule has 21 heavy (non-hydrogen) atoms. The number of aromatic nitrogens is 1. The van der Waals surface area contributed by atoms with Crippen molar-refractivity contribution in [3.63, 3.8) is 0 Å². The Balaban J connectivity index is 2.10. The van der Waals surface area contributed by atoms with Crippen LogP contribution in [0.15, 0.2) is 42.7 Å². The summed E-state index contributed by atoms with van der Waals surface area (Å²) in [5, 5.41) is 3.85. The SMILES string of the molecule is CCCNC(CCc1ccncc1)c1ccc(Cl)cc1F. The molecule has 0 radical (unpaired) electrons. The third kappa shape index (κ3) is 4.80. The third-order valence-electron chi connectivity index (χ3n) is 3.45.